The maximum absolute atomic E-state index is 10.6. The number of benzene rings is 1. The number of hydrogen-bond acceptors (Lipinski definition) is 2. The van der Waals surface area contributed by atoms with Gasteiger partial charge < -0.3 is 10.2 Å². The molecule has 0 aliphatic heterocycles. The smallest absolute Gasteiger partial charge is 0.303 e. The summed E-state index contributed by atoms with van der Waals surface area (Å²) >= 11 is 0. The van der Waals surface area contributed by atoms with Crippen molar-refractivity contribution in [3.8, 4) is 0 Å². The first kappa shape index (κ1) is 22.4. The number of aliphatic hydroxyl groups is 1. The number of rotatable bonds is 11. The van der Waals surface area contributed by atoms with Gasteiger partial charge in [-0.25, -0.2) is 0 Å². The number of unbranched alkanes of at least 4 members (excludes halogenated alkanes) is 1. The topological polar surface area (TPSA) is 57.5 Å². The number of aliphatic carboxylic acids is 1. The van der Waals surface area contributed by atoms with E-state index in [1.54, 1.807) is 0 Å². The lowest BCUT2D eigenvalue weighted by atomic mass is 9.86. The van der Waals surface area contributed by atoms with E-state index in [4.69, 9.17) is 5.11 Å². The van der Waals surface area contributed by atoms with Gasteiger partial charge in [0.2, 0.25) is 0 Å². The maximum atomic E-state index is 10.6. The fourth-order valence-electron chi connectivity index (χ4n) is 4.23. The summed E-state index contributed by atoms with van der Waals surface area (Å²) in [6, 6.07) is 10.6. The molecular weight excluding hydrogens is 348 g/mol. The Morgan fingerprint density at radius 2 is 2.00 bits per heavy atom. The first-order valence-corrected chi connectivity index (χ1v) is 10.7. The standard InChI is InChI=1S/C25H36O3/c1-19(14-16-21-10-6-5-7-11-21)15-17-22-20(2)18-24(26)23(22)12-8-3-4-9-13-25(27)28/h3,5-8,10-11,15,17,19-20,22-24,26H,4,9,12-14,16,18H2,1-2H3,(H,27,28)/b8-3-,17-15?/t19-,20+,22-,23+,24-/m0/s1. The monoisotopic (exact) mass is 384 g/mol. The zero-order chi connectivity index (χ0) is 20.4. The van der Waals surface area contributed by atoms with Crippen LogP contribution in [0.25, 0.3) is 0 Å². The molecule has 0 unspecified atom stereocenters. The highest BCUT2D eigenvalue weighted by Gasteiger charge is 2.37. The van der Waals surface area contributed by atoms with Gasteiger partial charge in [-0.05, 0) is 67.8 Å². The Kier molecular flexibility index (Phi) is 9.49. The Morgan fingerprint density at radius 1 is 1.25 bits per heavy atom. The van der Waals surface area contributed by atoms with Crippen molar-refractivity contribution >= 4 is 5.97 Å². The molecule has 3 nitrogen and oxygen atoms in total. The first-order chi connectivity index (χ1) is 13.5. The van der Waals surface area contributed by atoms with Gasteiger partial charge in [0.1, 0.15) is 0 Å². The molecule has 2 rings (SSSR count). The number of hydrogen-bond donors (Lipinski definition) is 2. The molecule has 0 spiro atoms. The molecule has 1 fully saturated rings. The number of aryl methyl sites for hydroxylation is 1. The predicted octanol–water partition coefficient (Wildman–Crippen LogP) is 5.65. The van der Waals surface area contributed by atoms with Crippen molar-refractivity contribution in [3.63, 3.8) is 0 Å². The van der Waals surface area contributed by atoms with Crippen LogP contribution in [0.3, 0.4) is 0 Å². The summed E-state index contributed by atoms with van der Waals surface area (Å²) in [5, 5.41) is 19.2. The largest absolute Gasteiger partial charge is 0.481 e. The second-order valence-corrected chi connectivity index (χ2v) is 8.40. The lowest BCUT2D eigenvalue weighted by Crippen LogP contribution is -2.18. The molecule has 1 saturated carbocycles. The molecule has 0 saturated heterocycles. The lowest BCUT2D eigenvalue weighted by Gasteiger charge is -2.20. The zero-order valence-corrected chi connectivity index (χ0v) is 17.3. The Labute approximate surface area is 170 Å². The summed E-state index contributed by atoms with van der Waals surface area (Å²) in [5.74, 6) is 0.969. The van der Waals surface area contributed by atoms with Crippen molar-refractivity contribution in [1.82, 2.24) is 0 Å². The third kappa shape index (κ3) is 7.63. The van der Waals surface area contributed by atoms with Crippen molar-refractivity contribution in [1.29, 1.82) is 0 Å². The van der Waals surface area contributed by atoms with E-state index < -0.39 is 5.97 Å². The van der Waals surface area contributed by atoms with Crippen LogP contribution in [0, 0.1) is 23.7 Å². The van der Waals surface area contributed by atoms with Crippen molar-refractivity contribution in [3.05, 3.63) is 60.2 Å². The van der Waals surface area contributed by atoms with E-state index >= 15 is 0 Å². The highest BCUT2D eigenvalue weighted by Crippen LogP contribution is 2.40. The van der Waals surface area contributed by atoms with E-state index in [9.17, 15) is 9.90 Å². The van der Waals surface area contributed by atoms with E-state index in [-0.39, 0.29) is 18.4 Å². The molecule has 1 aromatic rings. The van der Waals surface area contributed by atoms with E-state index in [0.717, 1.165) is 32.1 Å². The number of carbonyl (C=O) groups is 1. The average molecular weight is 385 g/mol. The van der Waals surface area contributed by atoms with Crippen LogP contribution < -0.4 is 0 Å². The van der Waals surface area contributed by atoms with Gasteiger partial charge in [-0.15, -0.1) is 0 Å². The van der Waals surface area contributed by atoms with Crippen LogP contribution in [-0.4, -0.2) is 22.3 Å². The second-order valence-electron chi connectivity index (χ2n) is 8.40. The van der Waals surface area contributed by atoms with Gasteiger partial charge in [-0.2, -0.15) is 0 Å². The quantitative estimate of drug-likeness (QED) is 0.383. The van der Waals surface area contributed by atoms with Gasteiger partial charge in [0, 0.05) is 6.42 Å². The van der Waals surface area contributed by atoms with Crippen LogP contribution in [0.4, 0.5) is 0 Å². The fourth-order valence-corrected chi connectivity index (χ4v) is 4.23. The van der Waals surface area contributed by atoms with Crippen LogP contribution in [0.15, 0.2) is 54.6 Å². The summed E-state index contributed by atoms with van der Waals surface area (Å²) in [7, 11) is 0. The molecule has 0 heterocycles. The van der Waals surface area contributed by atoms with Gasteiger partial charge in [0.05, 0.1) is 6.10 Å². The van der Waals surface area contributed by atoms with Crippen molar-refractivity contribution in [2.24, 2.45) is 23.7 Å². The molecule has 0 radical (unpaired) electrons. The molecule has 0 amide bonds. The fraction of sp³-hybridized carbons (Fsp3) is 0.560. The van der Waals surface area contributed by atoms with E-state index in [0.29, 0.717) is 24.2 Å². The minimum atomic E-state index is -0.736. The van der Waals surface area contributed by atoms with Crippen molar-refractivity contribution in [2.45, 2.75) is 64.9 Å². The van der Waals surface area contributed by atoms with Crippen LogP contribution in [-0.2, 0) is 11.2 Å². The highest BCUT2D eigenvalue weighted by molar-refractivity contribution is 5.66. The molecule has 28 heavy (non-hydrogen) atoms. The van der Waals surface area contributed by atoms with E-state index in [1.807, 2.05) is 0 Å². The minimum absolute atomic E-state index is 0.222. The molecule has 1 aromatic carbocycles. The molecule has 154 valence electrons. The van der Waals surface area contributed by atoms with Gasteiger partial charge in [0.25, 0.3) is 0 Å². The lowest BCUT2D eigenvalue weighted by molar-refractivity contribution is -0.137. The van der Waals surface area contributed by atoms with Gasteiger partial charge >= 0.3 is 5.97 Å². The SMILES string of the molecule is C[C@H](C=C[C@@H]1[C@@H](C/C=C\CCCC(=O)O)[C@@H](O)C[C@H]1C)CCc1ccccc1. The molecule has 5 atom stereocenters. The summed E-state index contributed by atoms with van der Waals surface area (Å²) in [5.41, 5.74) is 1.39. The molecule has 0 bridgehead atoms. The Balaban J connectivity index is 1.82. The molecule has 3 heteroatoms. The number of aliphatic hydroxyl groups excluding tert-OH is 1. The van der Waals surface area contributed by atoms with Gasteiger partial charge in [-0.1, -0.05) is 68.5 Å². The second kappa shape index (κ2) is 11.9. The van der Waals surface area contributed by atoms with Gasteiger partial charge in [-0.3, -0.25) is 4.79 Å². The molecular formula is C25H36O3. The molecule has 1 aliphatic carbocycles. The van der Waals surface area contributed by atoms with Gasteiger partial charge in [0.15, 0.2) is 0 Å². The minimum Gasteiger partial charge on any atom is -0.481 e. The summed E-state index contributed by atoms with van der Waals surface area (Å²) < 4.78 is 0. The first-order valence-electron chi connectivity index (χ1n) is 10.7. The maximum Gasteiger partial charge on any atom is 0.303 e. The molecule has 0 aromatic heterocycles. The third-order valence-electron chi connectivity index (χ3n) is 5.99. The number of carboxylic acids is 1. The number of carboxylic acid groups (broad SMARTS) is 1. The Morgan fingerprint density at radius 3 is 2.71 bits per heavy atom. The molecule has 1 aliphatic rings. The predicted molar refractivity (Wildman–Crippen MR) is 115 cm³/mol. The number of allylic oxidation sites excluding steroid dienone is 4. The highest BCUT2D eigenvalue weighted by atomic mass is 16.4. The van der Waals surface area contributed by atoms with Crippen LogP contribution in [0.2, 0.25) is 0 Å². The van der Waals surface area contributed by atoms with Crippen LogP contribution >= 0.6 is 0 Å². The average Bonchev–Trinajstić information content (AvgIpc) is 2.94. The summed E-state index contributed by atoms with van der Waals surface area (Å²) in [4.78, 5) is 10.6. The van der Waals surface area contributed by atoms with Crippen LogP contribution in [0.5, 0.6) is 0 Å². The zero-order valence-electron chi connectivity index (χ0n) is 17.3. The Bertz CT molecular complexity index is 634. The van der Waals surface area contributed by atoms with Crippen molar-refractivity contribution in [2.75, 3.05) is 0 Å². The molecule has 2 N–H and O–H groups in total. The summed E-state index contributed by atoms with van der Waals surface area (Å²) in [6.07, 6.45) is 14.3. The Hall–Kier alpha value is -1.87. The van der Waals surface area contributed by atoms with E-state index in [2.05, 4.69) is 68.5 Å². The van der Waals surface area contributed by atoms with Crippen molar-refractivity contribution < 1.29 is 15.0 Å². The van der Waals surface area contributed by atoms with Crippen LogP contribution in [0.1, 0.15) is 57.9 Å². The summed E-state index contributed by atoms with van der Waals surface area (Å²) in [6.45, 7) is 4.51. The van der Waals surface area contributed by atoms with E-state index in [1.165, 1.54) is 5.56 Å². The normalized spacial score (nSPS) is 26.2. The third-order valence-corrected chi connectivity index (χ3v) is 5.99.